The zero-order chi connectivity index (χ0) is 32.5. The number of carboxylic acid groups (broad SMARTS) is 2. The van der Waals surface area contributed by atoms with E-state index in [1.165, 1.54) is 11.1 Å². The van der Waals surface area contributed by atoms with Crippen LogP contribution in [0.1, 0.15) is 55.6 Å². The highest BCUT2D eigenvalue weighted by Crippen LogP contribution is 2.47. The minimum absolute atomic E-state index is 0.140. The molecular formula is C29H33F6N3O6. The number of para-hydroxylation sites is 1. The lowest BCUT2D eigenvalue weighted by Gasteiger charge is -2.47. The van der Waals surface area contributed by atoms with Crippen molar-refractivity contribution in [2.24, 2.45) is 0 Å². The number of carbonyl (C=O) groups is 3. The van der Waals surface area contributed by atoms with Crippen LogP contribution >= 0.6 is 0 Å². The number of alkyl halides is 6. The number of aromatic nitrogens is 1. The van der Waals surface area contributed by atoms with Crippen molar-refractivity contribution in [1.82, 2.24) is 14.8 Å². The number of hydrogen-bond acceptors (Lipinski definition) is 6. The largest absolute Gasteiger partial charge is 0.490 e. The van der Waals surface area contributed by atoms with Gasteiger partial charge in [0.2, 0.25) is 5.91 Å². The fraction of sp³-hybridized carbons (Fsp3) is 0.517. The molecule has 2 fully saturated rings. The van der Waals surface area contributed by atoms with Crippen LogP contribution in [-0.2, 0) is 20.9 Å². The van der Waals surface area contributed by atoms with Crippen LogP contribution in [0.3, 0.4) is 0 Å². The quantitative estimate of drug-likeness (QED) is 0.438. The summed E-state index contributed by atoms with van der Waals surface area (Å²) >= 11 is 0. The second-order valence-electron chi connectivity index (χ2n) is 10.8. The van der Waals surface area contributed by atoms with Crippen LogP contribution in [0.15, 0.2) is 48.8 Å². The number of nitrogens with zero attached hydrogens (tertiary/aromatic N) is 3. The fourth-order valence-corrected chi connectivity index (χ4v) is 5.40. The Hall–Kier alpha value is -3.88. The first kappa shape index (κ1) is 34.6. The van der Waals surface area contributed by atoms with E-state index in [9.17, 15) is 31.1 Å². The van der Waals surface area contributed by atoms with Gasteiger partial charge in [0, 0.05) is 57.5 Å². The summed E-state index contributed by atoms with van der Waals surface area (Å²) in [6.07, 6.45) is -0.550. The third-order valence-electron chi connectivity index (χ3n) is 7.59. The van der Waals surface area contributed by atoms with Gasteiger partial charge in [-0.05, 0) is 61.4 Å². The first-order valence-electron chi connectivity index (χ1n) is 13.9. The molecule has 2 aromatic rings. The minimum Gasteiger partial charge on any atom is -0.487 e. The number of rotatable bonds is 4. The number of pyridine rings is 1. The smallest absolute Gasteiger partial charge is 0.487 e. The number of likely N-dealkylation sites (tertiary alicyclic amines) is 2. The van der Waals surface area contributed by atoms with Crippen LogP contribution < -0.4 is 4.74 Å². The van der Waals surface area contributed by atoms with Gasteiger partial charge in [0.25, 0.3) is 0 Å². The summed E-state index contributed by atoms with van der Waals surface area (Å²) in [4.78, 5) is 39.4. The number of carbonyl (C=O) groups excluding carboxylic acids is 1. The molecule has 0 radical (unpaired) electrons. The second kappa shape index (κ2) is 14.7. The van der Waals surface area contributed by atoms with Crippen molar-refractivity contribution in [3.63, 3.8) is 0 Å². The molecule has 0 aliphatic carbocycles. The Labute approximate surface area is 249 Å². The molecule has 4 heterocycles. The third-order valence-corrected chi connectivity index (χ3v) is 7.59. The standard InChI is InChI=1S/C25H31N3O2.2C2HF3O2/c29-24(28-13-3-4-14-28)17-21-18-25(30-23-6-2-1-5-22(21)23)9-15-27(16-10-25)19-20-7-11-26-12-8-20;2*3-2(4,5)1(6)7/h1-2,5-8,11-12,21H,3-4,9-10,13-19H2;2*(H,6,7). The van der Waals surface area contributed by atoms with Crippen molar-refractivity contribution in [3.05, 3.63) is 59.9 Å². The number of ether oxygens (including phenoxy) is 1. The molecule has 1 unspecified atom stereocenters. The van der Waals surface area contributed by atoms with E-state index in [1.807, 2.05) is 12.4 Å². The number of benzene rings is 1. The van der Waals surface area contributed by atoms with E-state index >= 15 is 0 Å². The zero-order valence-electron chi connectivity index (χ0n) is 23.6. The van der Waals surface area contributed by atoms with Crippen molar-refractivity contribution in [3.8, 4) is 5.75 Å². The normalized spacial score (nSPS) is 19.4. The molecule has 0 saturated carbocycles. The monoisotopic (exact) mass is 633 g/mol. The lowest BCUT2D eigenvalue weighted by molar-refractivity contribution is -0.193. The minimum atomic E-state index is -5.08. The lowest BCUT2D eigenvalue weighted by Crippen LogP contribution is -2.50. The third kappa shape index (κ3) is 10.1. The van der Waals surface area contributed by atoms with Crippen molar-refractivity contribution in [2.75, 3.05) is 26.2 Å². The highest BCUT2D eigenvalue weighted by molar-refractivity contribution is 5.77. The van der Waals surface area contributed by atoms with Crippen molar-refractivity contribution >= 4 is 17.8 Å². The van der Waals surface area contributed by atoms with Gasteiger partial charge < -0.3 is 19.8 Å². The van der Waals surface area contributed by atoms with Crippen LogP contribution in [0.4, 0.5) is 26.3 Å². The van der Waals surface area contributed by atoms with Crippen LogP contribution in [0.25, 0.3) is 0 Å². The molecule has 1 aromatic carbocycles. The summed E-state index contributed by atoms with van der Waals surface area (Å²) in [5, 5.41) is 14.2. The van der Waals surface area contributed by atoms with E-state index in [-0.39, 0.29) is 11.5 Å². The Bertz CT molecular complexity index is 1240. The molecule has 9 nitrogen and oxygen atoms in total. The predicted molar refractivity (Wildman–Crippen MR) is 144 cm³/mol. The van der Waals surface area contributed by atoms with E-state index in [0.29, 0.717) is 12.3 Å². The van der Waals surface area contributed by atoms with Gasteiger partial charge in [0.1, 0.15) is 11.4 Å². The maximum Gasteiger partial charge on any atom is 0.490 e. The van der Waals surface area contributed by atoms with Gasteiger partial charge in [-0.25, -0.2) is 9.59 Å². The molecule has 1 amide bonds. The first-order valence-corrected chi connectivity index (χ1v) is 13.9. The van der Waals surface area contributed by atoms with Gasteiger partial charge in [-0.1, -0.05) is 18.2 Å². The van der Waals surface area contributed by atoms with E-state index in [2.05, 4.69) is 51.2 Å². The molecule has 44 heavy (non-hydrogen) atoms. The highest BCUT2D eigenvalue weighted by Gasteiger charge is 2.44. The van der Waals surface area contributed by atoms with Crippen LogP contribution in [0, 0.1) is 0 Å². The van der Waals surface area contributed by atoms with Crippen molar-refractivity contribution in [2.45, 2.75) is 68.9 Å². The lowest BCUT2D eigenvalue weighted by atomic mass is 9.76. The second-order valence-corrected chi connectivity index (χ2v) is 10.8. The molecule has 242 valence electrons. The summed E-state index contributed by atoms with van der Waals surface area (Å²) in [7, 11) is 0. The Kier molecular flexibility index (Phi) is 11.6. The van der Waals surface area contributed by atoms with E-state index in [4.69, 9.17) is 24.5 Å². The van der Waals surface area contributed by atoms with E-state index in [1.54, 1.807) is 0 Å². The molecule has 5 rings (SSSR count). The Morgan fingerprint density at radius 3 is 1.91 bits per heavy atom. The molecular weight excluding hydrogens is 600 g/mol. The molecule has 1 spiro atoms. The topological polar surface area (TPSA) is 120 Å². The molecule has 3 aliphatic rings. The van der Waals surface area contributed by atoms with Gasteiger partial charge in [-0.2, -0.15) is 26.3 Å². The summed E-state index contributed by atoms with van der Waals surface area (Å²) in [5.41, 5.74) is 2.39. The van der Waals surface area contributed by atoms with E-state index in [0.717, 1.165) is 70.6 Å². The molecule has 2 saturated heterocycles. The number of hydrogen-bond donors (Lipinski definition) is 2. The van der Waals surface area contributed by atoms with Gasteiger partial charge in [-0.3, -0.25) is 14.7 Å². The number of amides is 1. The number of fused-ring (bicyclic) bond motifs is 1. The first-order chi connectivity index (χ1) is 20.6. The van der Waals surface area contributed by atoms with Gasteiger partial charge in [0.15, 0.2) is 0 Å². The maximum atomic E-state index is 12.9. The molecule has 2 N–H and O–H groups in total. The van der Waals surface area contributed by atoms with Crippen LogP contribution in [0.5, 0.6) is 5.75 Å². The number of piperidine rings is 1. The number of carboxylic acids is 2. The average Bonchev–Trinajstić information content (AvgIpc) is 3.50. The fourth-order valence-electron chi connectivity index (χ4n) is 5.40. The Morgan fingerprint density at radius 1 is 0.864 bits per heavy atom. The zero-order valence-corrected chi connectivity index (χ0v) is 23.6. The van der Waals surface area contributed by atoms with Gasteiger partial charge >= 0.3 is 24.3 Å². The number of aliphatic carboxylic acids is 2. The van der Waals surface area contributed by atoms with Crippen molar-refractivity contribution < 1.29 is 55.7 Å². The summed E-state index contributed by atoms with van der Waals surface area (Å²) in [5.74, 6) is -3.94. The van der Waals surface area contributed by atoms with Crippen molar-refractivity contribution in [1.29, 1.82) is 0 Å². The van der Waals surface area contributed by atoms with E-state index < -0.39 is 24.3 Å². The SMILES string of the molecule is O=C(CC1CC2(CCN(Cc3ccncc3)CC2)Oc2ccccc21)N1CCCC1.O=C(O)C(F)(F)F.O=C(O)C(F)(F)F. The summed E-state index contributed by atoms with van der Waals surface area (Å²) < 4.78 is 70.1. The molecule has 3 aliphatic heterocycles. The maximum absolute atomic E-state index is 12.9. The average molecular weight is 634 g/mol. The van der Waals surface area contributed by atoms with Crippen LogP contribution in [0.2, 0.25) is 0 Å². The molecule has 0 bridgehead atoms. The Balaban J connectivity index is 0.000000317. The summed E-state index contributed by atoms with van der Waals surface area (Å²) in [6, 6.07) is 12.6. The predicted octanol–water partition coefficient (Wildman–Crippen LogP) is 5.26. The highest BCUT2D eigenvalue weighted by atomic mass is 19.4. The van der Waals surface area contributed by atoms with Gasteiger partial charge in [0.05, 0.1) is 0 Å². The van der Waals surface area contributed by atoms with Gasteiger partial charge in [-0.15, -0.1) is 0 Å². The molecule has 1 aromatic heterocycles. The molecule has 1 atom stereocenters. The van der Waals surface area contributed by atoms with Crippen LogP contribution in [-0.4, -0.2) is 87.0 Å². The summed E-state index contributed by atoms with van der Waals surface area (Å²) in [6.45, 7) is 4.87. The molecule has 15 heteroatoms. The Morgan fingerprint density at radius 2 is 1.39 bits per heavy atom. The number of halogens is 6.